The minimum absolute atomic E-state index is 0.0250. The van der Waals surface area contributed by atoms with Crippen molar-refractivity contribution in [3.8, 4) is 0 Å². The highest BCUT2D eigenvalue weighted by molar-refractivity contribution is 7.91. The second-order valence-electron chi connectivity index (χ2n) is 6.01. The fourth-order valence-corrected chi connectivity index (χ4v) is 5.00. The van der Waals surface area contributed by atoms with E-state index in [4.69, 9.17) is 23.2 Å². The van der Waals surface area contributed by atoms with E-state index in [2.05, 4.69) is 0 Å². The number of halogens is 2. The fraction of sp³-hybridized carbons (Fsp3) is 0.533. The predicted octanol–water partition coefficient (Wildman–Crippen LogP) is 2.71. The number of nitrogens with zero attached hydrogens (tertiary/aromatic N) is 1. The molecule has 22 heavy (non-hydrogen) atoms. The number of carbonyl (C=O) groups is 1. The van der Waals surface area contributed by atoms with E-state index < -0.39 is 9.84 Å². The molecule has 1 aromatic carbocycles. The molecule has 0 radical (unpaired) electrons. The van der Waals surface area contributed by atoms with Crippen molar-refractivity contribution in [2.75, 3.05) is 11.5 Å². The molecule has 2 fully saturated rings. The summed E-state index contributed by atoms with van der Waals surface area (Å²) in [5.41, 5.74) is 0.797. The molecule has 0 N–H and O–H groups in total. The van der Waals surface area contributed by atoms with E-state index in [1.54, 1.807) is 23.1 Å². The van der Waals surface area contributed by atoms with Gasteiger partial charge in [-0.15, -0.1) is 0 Å². The number of rotatable bonds is 4. The van der Waals surface area contributed by atoms with Crippen molar-refractivity contribution >= 4 is 38.9 Å². The number of benzene rings is 1. The van der Waals surface area contributed by atoms with Crippen molar-refractivity contribution in [2.24, 2.45) is 0 Å². The number of hydrogen-bond donors (Lipinski definition) is 0. The molecule has 2 aliphatic rings. The van der Waals surface area contributed by atoms with Crippen LogP contribution in [0.2, 0.25) is 10.0 Å². The van der Waals surface area contributed by atoms with Crippen molar-refractivity contribution < 1.29 is 13.2 Å². The average Bonchev–Trinajstić information content (AvgIpc) is 3.19. The average molecular weight is 362 g/mol. The summed E-state index contributed by atoms with van der Waals surface area (Å²) in [6, 6.07) is 5.18. The summed E-state index contributed by atoms with van der Waals surface area (Å²) in [5.74, 6) is 0.250. The standard InChI is InChI=1S/C15H17Cl2NO3S/c16-13-4-1-10(7-14(13)17)8-15(19)18(11-2-3-11)12-5-6-22(20,21)9-12/h1,4,7,11-12H,2-3,5-6,8-9H2/t12-/m1/s1. The van der Waals surface area contributed by atoms with Crippen LogP contribution in [0, 0.1) is 0 Å². The van der Waals surface area contributed by atoms with E-state index >= 15 is 0 Å². The van der Waals surface area contributed by atoms with Gasteiger partial charge >= 0.3 is 0 Å². The van der Waals surface area contributed by atoms with E-state index in [1.165, 1.54) is 0 Å². The zero-order valence-electron chi connectivity index (χ0n) is 12.0. The lowest BCUT2D eigenvalue weighted by molar-refractivity contribution is -0.133. The van der Waals surface area contributed by atoms with Gasteiger partial charge in [0.15, 0.2) is 9.84 Å². The molecule has 1 aliphatic heterocycles. The second kappa shape index (κ2) is 6.02. The summed E-state index contributed by atoms with van der Waals surface area (Å²) in [5, 5.41) is 0.882. The monoisotopic (exact) mass is 361 g/mol. The number of hydrogen-bond acceptors (Lipinski definition) is 3. The van der Waals surface area contributed by atoms with Crippen LogP contribution in [0.1, 0.15) is 24.8 Å². The normalized spacial score (nSPS) is 23.5. The molecule has 1 saturated carbocycles. The van der Waals surface area contributed by atoms with E-state index in [1.807, 2.05) is 0 Å². The van der Waals surface area contributed by atoms with Crippen LogP contribution in [0.3, 0.4) is 0 Å². The third-order valence-corrected chi connectivity index (χ3v) is 6.66. The minimum Gasteiger partial charge on any atom is -0.335 e. The maximum atomic E-state index is 12.6. The Bertz CT molecular complexity index is 701. The molecule has 7 heteroatoms. The van der Waals surface area contributed by atoms with Crippen molar-refractivity contribution in [3.05, 3.63) is 33.8 Å². The smallest absolute Gasteiger partial charge is 0.227 e. The zero-order valence-corrected chi connectivity index (χ0v) is 14.3. The van der Waals surface area contributed by atoms with E-state index in [0.29, 0.717) is 16.5 Å². The van der Waals surface area contributed by atoms with Crippen LogP contribution in [0.25, 0.3) is 0 Å². The Kier molecular flexibility index (Phi) is 4.40. The molecule has 0 spiro atoms. The Balaban J connectivity index is 1.74. The fourth-order valence-electron chi connectivity index (χ4n) is 2.97. The largest absolute Gasteiger partial charge is 0.335 e. The van der Waals surface area contributed by atoms with Gasteiger partial charge in [0.05, 0.1) is 28.0 Å². The van der Waals surface area contributed by atoms with Crippen LogP contribution < -0.4 is 0 Å². The highest BCUT2D eigenvalue weighted by Gasteiger charge is 2.41. The van der Waals surface area contributed by atoms with Crippen LogP contribution in [0.4, 0.5) is 0 Å². The summed E-state index contributed by atoms with van der Waals surface area (Å²) in [7, 11) is -3.00. The van der Waals surface area contributed by atoms with Gasteiger partial charge in [-0.1, -0.05) is 29.3 Å². The Morgan fingerprint density at radius 3 is 2.41 bits per heavy atom. The van der Waals surface area contributed by atoms with Crippen LogP contribution >= 0.6 is 23.2 Å². The molecule has 3 rings (SSSR count). The van der Waals surface area contributed by atoms with E-state index in [9.17, 15) is 13.2 Å². The molecule has 1 atom stereocenters. The van der Waals surface area contributed by atoms with Gasteiger partial charge in [-0.2, -0.15) is 0 Å². The highest BCUT2D eigenvalue weighted by Crippen LogP contribution is 2.33. The maximum absolute atomic E-state index is 12.6. The molecule has 4 nitrogen and oxygen atoms in total. The molecule has 0 unspecified atom stereocenters. The molecule has 1 aliphatic carbocycles. The van der Waals surface area contributed by atoms with Gasteiger partial charge in [0.25, 0.3) is 0 Å². The summed E-state index contributed by atoms with van der Waals surface area (Å²) < 4.78 is 23.4. The molecule has 0 aromatic heterocycles. The molecule has 120 valence electrons. The number of carbonyl (C=O) groups excluding carboxylic acids is 1. The summed E-state index contributed by atoms with van der Waals surface area (Å²) in [6.45, 7) is 0. The molecule has 1 saturated heterocycles. The van der Waals surface area contributed by atoms with Crippen molar-refractivity contribution in [1.29, 1.82) is 0 Å². The van der Waals surface area contributed by atoms with Gasteiger partial charge in [-0.05, 0) is 37.0 Å². The van der Waals surface area contributed by atoms with Gasteiger partial charge in [0.1, 0.15) is 0 Å². The van der Waals surface area contributed by atoms with Crippen molar-refractivity contribution in [1.82, 2.24) is 4.90 Å². The molecule has 0 bridgehead atoms. The van der Waals surface area contributed by atoms with E-state index in [0.717, 1.165) is 18.4 Å². The molecule has 1 amide bonds. The Labute approximate surface area is 140 Å². The molecule has 1 aromatic rings. The Morgan fingerprint density at radius 2 is 1.86 bits per heavy atom. The summed E-state index contributed by atoms with van der Waals surface area (Å²) >= 11 is 11.9. The summed E-state index contributed by atoms with van der Waals surface area (Å²) in [4.78, 5) is 14.4. The second-order valence-corrected chi connectivity index (χ2v) is 9.06. The van der Waals surface area contributed by atoms with Crippen LogP contribution in [-0.2, 0) is 21.1 Å². The number of amides is 1. The topological polar surface area (TPSA) is 54.5 Å². The van der Waals surface area contributed by atoms with E-state index in [-0.39, 0.29) is 35.9 Å². The molecule has 1 heterocycles. The van der Waals surface area contributed by atoms with Crippen LogP contribution in [0.15, 0.2) is 18.2 Å². The number of sulfone groups is 1. The highest BCUT2D eigenvalue weighted by atomic mass is 35.5. The first-order valence-electron chi connectivity index (χ1n) is 7.31. The third-order valence-electron chi connectivity index (χ3n) is 4.17. The van der Waals surface area contributed by atoms with Crippen molar-refractivity contribution in [3.63, 3.8) is 0 Å². The zero-order chi connectivity index (χ0) is 15.9. The minimum atomic E-state index is -3.00. The lowest BCUT2D eigenvalue weighted by Gasteiger charge is -2.28. The quantitative estimate of drug-likeness (QED) is 0.828. The van der Waals surface area contributed by atoms with Gasteiger partial charge in [0, 0.05) is 12.1 Å². The maximum Gasteiger partial charge on any atom is 0.227 e. The van der Waals surface area contributed by atoms with Crippen LogP contribution in [-0.4, -0.2) is 42.8 Å². The lowest BCUT2D eigenvalue weighted by Crippen LogP contribution is -2.43. The first-order valence-corrected chi connectivity index (χ1v) is 9.89. The molecular weight excluding hydrogens is 345 g/mol. The van der Waals surface area contributed by atoms with Gasteiger partial charge < -0.3 is 4.90 Å². The first kappa shape index (κ1) is 16.1. The Morgan fingerprint density at radius 1 is 1.14 bits per heavy atom. The molecular formula is C15H17Cl2NO3S. The Hall–Kier alpha value is -0.780. The summed E-state index contributed by atoms with van der Waals surface area (Å²) in [6.07, 6.45) is 2.70. The third kappa shape index (κ3) is 3.58. The first-order chi connectivity index (χ1) is 10.4. The van der Waals surface area contributed by atoms with Crippen molar-refractivity contribution in [2.45, 2.75) is 37.8 Å². The predicted molar refractivity (Wildman–Crippen MR) is 87.1 cm³/mol. The van der Waals surface area contributed by atoms with Gasteiger partial charge in [0.2, 0.25) is 5.91 Å². The van der Waals surface area contributed by atoms with Gasteiger partial charge in [-0.3, -0.25) is 4.79 Å². The SMILES string of the molecule is O=C(Cc1ccc(Cl)c(Cl)c1)N(C1CC1)[C@@H]1CCS(=O)(=O)C1. The van der Waals surface area contributed by atoms with Crippen LogP contribution in [0.5, 0.6) is 0 Å². The lowest BCUT2D eigenvalue weighted by atomic mass is 10.1. The van der Waals surface area contributed by atoms with Gasteiger partial charge in [-0.25, -0.2) is 8.42 Å².